The Balaban J connectivity index is 1.72. The molecule has 1 aromatic carbocycles. The van der Waals surface area contributed by atoms with Gasteiger partial charge in [-0.05, 0) is 37.1 Å². The molecular formula is C23H24F3N5O2. The van der Waals surface area contributed by atoms with Crippen molar-refractivity contribution in [1.82, 2.24) is 15.0 Å². The van der Waals surface area contributed by atoms with Crippen molar-refractivity contribution >= 4 is 28.8 Å². The molecule has 0 N–H and O–H groups in total. The summed E-state index contributed by atoms with van der Waals surface area (Å²) in [5, 5.41) is 13.2. The Bertz CT molecular complexity index is 1080. The second-order valence-corrected chi connectivity index (χ2v) is 8.43. The summed E-state index contributed by atoms with van der Waals surface area (Å²) in [6.07, 6.45) is -1.57. The number of rotatable bonds is 6. The molecule has 2 aliphatic heterocycles. The van der Waals surface area contributed by atoms with Gasteiger partial charge in [0.05, 0.1) is 23.0 Å². The molecule has 0 spiro atoms. The van der Waals surface area contributed by atoms with Gasteiger partial charge < -0.3 is 9.69 Å². The molecule has 2 atom stereocenters. The molecule has 0 bridgehead atoms. The molecule has 0 radical (unpaired) electrons. The van der Waals surface area contributed by atoms with E-state index in [1.54, 1.807) is 40.4 Å². The van der Waals surface area contributed by atoms with Crippen molar-refractivity contribution in [2.75, 3.05) is 31.1 Å². The highest BCUT2D eigenvalue weighted by Gasteiger charge is 2.47. The third-order valence-electron chi connectivity index (χ3n) is 6.31. The molecule has 1 amide bonds. The van der Waals surface area contributed by atoms with Crippen molar-refractivity contribution in [3.8, 4) is 6.07 Å². The zero-order valence-corrected chi connectivity index (χ0v) is 18.0. The molecule has 10 heteroatoms. The summed E-state index contributed by atoms with van der Waals surface area (Å²) in [4.78, 5) is 29.6. The number of pyridine rings is 1. The van der Waals surface area contributed by atoms with Gasteiger partial charge in [-0.1, -0.05) is 0 Å². The molecule has 174 valence electrons. The maximum atomic E-state index is 14.0. The molecule has 4 rings (SSSR count). The molecule has 0 unspecified atom stereocenters. The monoisotopic (exact) mass is 459 g/mol. The van der Waals surface area contributed by atoms with E-state index in [4.69, 9.17) is 0 Å². The zero-order valence-electron chi connectivity index (χ0n) is 18.0. The number of aldehydes is 1. The molecule has 2 saturated heterocycles. The number of hydrogen-bond acceptors (Lipinski definition) is 6. The van der Waals surface area contributed by atoms with Gasteiger partial charge >= 0.3 is 6.18 Å². The normalized spacial score (nSPS) is 21.3. The van der Waals surface area contributed by atoms with Crippen molar-refractivity contribution in [3.63, 3.8) is 0 Å². The lowest BCUT2D eigenvalue weighted by atomic mass is 9.91. The minimum Gasteiger partial charge on any atom is -0.368 e. The fraction of sp³-hybridized carbons (Fsp3) is 0.478. The molecule has 33 heavy (non-hydrogen) atoms. The van der Waals surface area contributed by atoms with Crippen LogP contribution in [-0.4, -0.2) is 65.6 Å². The van der Waals surface area contributed by atoms with Crippen LogP contribution < -0.4 is 4.90 Å². The lowest BCUT2D eigenvalue weighted by Gasteiger charge is -2.50. The minimum atomic E-state index is -4.43. The van der Waals surface area contributed by atoms with Crippen LogP contribution in [0.2, 0.25) is 0 Å². The summed E-state index contributed by atoms with van der Waals surface area (Å²) in [5.74, 6) is -1.96. The van der Waals surface area contributed by atoms with Crippen LogP contribution in [0.1, 0.15) is 31.2 Å². The van der Waals surface area contributed by atoms with Crippen LogP contribution in [0.15, 0.2) is 30.5 Å². The summed E-state index contributed by atoms with van der Waals surface area (Å²) >= 11 is 0. The number of hydrazine groups is 1. The van der Waals surface area contributed by atoms with E-state index < -0.39 is 18.1 Å². The second kappa shape index (κ2) is 9.35. The lowest BCUT2D eigenvalue weighted by molar-refractivity contribution is -0.194. The van der Waals surface area contributed by atoms with Crippen LogP contribution in [0.4, 0.5) is 18.9 Å². The van der Waals surface area contributed by atoms with Crippen LogP contribution in [-0.2, 0) is 9.59 Å². The molecule has 3 heterocycles. The Morgan fingerprint density at radius 3 is 2.70 bits per heavy atom. The van der Waals surface area contributed by atoms with Gasteiger partial charge in [0.1, 0.15) is 12.4 Å². The fourth-order valence-corrected chi connectivity index (χ4v) is 4.61. The molecular weight excluding hydrogens is 435 g/mol. The number of fused-ring (bicyclic) bond motifs is 1. The lowest BCUT2D eigenvalue weighted by Crippen LogP contribution is -2.63. The highest BCUT2D eigenvalue weighted by Crippen LogP contribution is 2.39. The number of nitriles is 1. The number of halogens is 3. The average Bonchev–Trinajstić information content (AvgIpc) is 2.78. The third-order valence-corrected chi connectivity index (χ3v) is 6.31. The first-order valence-electron chi connectivity index (χ1n) is 10.9. The smallest absolute Gasteiger partial charge is 0.368 e. The molecule has 0 aliphatic carbocycles. The number of nitrogens with zero attached hydrogens (tertiary/aromatic N) is 5. The number of benzene rings is 1. The minimum absolute atomic E-state index is 0.0309. The van der Waals surface area contributed by atoms with Crippen molar-refractivity contribution in [2.45, 2.75) is 37.9 Å². The average molecular weight is 459 g/mol. The summed E-state index contributed by atoms with van der Waals surface area (Å²) < 4.78 is 41.9. The SMILES string of the molecule is N#Cc1ccc(N2C[C@@H](N(C(=O)CCC=O)N3CCC3)C[C@@H](C(F)(F)F)C2)c2cccnc12. The van der Waals surface area contributed by atoms with Crippen LogP contribution in [0.3, 0.4) is 0 Å². The quantitative estimate of drug-likeness (QED) is 0.617. The van der Waals surface area contributed by atoms with Crippen LogP contribution in [0.5, 0.6) is 0 Å². The molecule has 7 nitrogen and oxygen atoms in total. The van der Waals surface area contributed by atoms with Gasteiger partial charge in [-0.25, -0.2) is 5.01 Å². The summed E-state index contributed by atoms with van der Waals surface area (Å²) in [7, 11) is 0. The highest BCUT2D eigenvalue weighted by atomic mass is 19.4. The maximum Gasteiger partial charge on any atom is 0.393 e. The standard InChI is InChI=1S/C23H24F3N5O2/c24-23(25,26)17-12-18(31(30-9-3-10-30)21(33)5-2-11-32)15-29(14-17)20-7-6-16(13-27)22-19(20)4-1-8-28-22/h1,4,6-8,11,17-18H,2-3,5,9-10,12,14-15H2/t17-,18+/m1/s1. The number of hydrogen-bond donors (Lipinski definition) is 0. The molecule has 1 aromatic heterocycles. The summed E-state index contributed by atoms with van der Waals surface area (Å²) in [6, 6.07) is 8.04. The molecule has 0 saturated carbocycles. The predicted molar refractivity (Wildman–Crippen MR) is 115 cm³/mol. The third kappa shape index (κ3) is 4.64. The Morgan fingerprint density at radius 2 is 2.06 bits per heavy atom. The van der Waals surface area contributed by atoms with E-state index in [2.05, 4.69) is 11.1 Å². The molecule has 2 aliphatic rings. The Kier molecular flexibility index (Phi) is 6.51. The zero-order chi connectivity index (χ0) is 23.6. The van der Waals surface area contributed by atoms with Gasteiger partial charge in [0.15, 0.2) is 0 Å². The molecule has 2 fully saturated rings. The molecule has 2 aromatic rings. The summed E-state index contributed by atoms with van der Waals surface area (Å²) in [5.41, 5.74) is 1.34. The van der Waals surface area contributed by atoms with Gasteiger partial charge in [0, 0.05) is 56.3 Å². The topological polar surface area (TPSA) is 80.5 Å². The first-order chi connectivity index (χ1) is 15.8. The van der Waals surface area contributed by atoms with Gasteiger partial charge in [0.2, 0.25) is 5.91 Å². The van der Waals surface area contributed by atoms with Crippen molar-refractivity contribution in [3.05, 3.63) is 36.0 Å². The summed E-state index contributed by atoms with van der Waals surface area (Å²) in [6.45, 7) is 1.17. The van der Waals surface area contributed by atoms with Crippen LogP contribution in [0, 0.1) is 17.2 Å². The van der Waals surface area contributed by atoms with Gasteiger partial charge in [-0.2, -0.15) is 18.4 Å². The number of anilines is 1. The number of alkyl halides is 3. The van der Waals surface area contributed by atoms with Crippen molar-refractivity contribution < 1.29 is 22.8 Å². The van der Waals surface area contributed by atoms with Crippen molar-refractivity contribution in [2.24, 2.45) is 5.92 Å². The van der Waals surface area contributed by atoms with E-state index >= 15 is 0 Å². The fourth-order valence-electron chi connectivity index (χ4n) is 4.61. The number of piperidine rings is 1. The largest absolute Gasteiger partial charge is 0.393 e. The Morgan fingerprint density at radius 1 is 1.27 bits per heavy atom. The van der Waals surface area contributed by atoms with E-state index in [9.17, 15) is 28.0 Å². The van der Waals surface area contributed by atoms with Gasteiger partial charge in [0.25, 0.3) is 0 Å². The van der Waals surface area contributed by atoms with E-state index in [1.165, 1.54) is 5.01 Å². The number of carbonyl (C=O) groups is 2. The second-order valence-electron chi connectivity index (χ2n) is 8.43. The van der Waals surface area contributed by atoms with E-state index in [0.29, 0.717) is 41.5 Å². The number of amides is 1. The predicted octanol–water partition coefficient (Wildman–Crippen LogP) is 3.29. The van der Waals surface area contributed by atoms with Crippen molar-refractivity contribution in [1.29, 1.82) is 5.26 Å². The number of aromatic nitrogens is 1. The maximum absolute atomic E-state index is 14.0. The van der Waals surface area contributed by atoms with E-state index in [-0.39, 0.29) is 38.3 Å². The highest BCUT2D eigenvalue weighted by molar-refractivity contribution is 5.95. The van der Waals surface area contributed by atoms with Crippen LogP contribution in [0.25, 0.3) is 10.9 Å². The first-order valence-corrected chi connectivity index (χ1v) is 10.9. The van der Waals surface area contributed by atoms with Crippen LogP contribution >= 0.6 is 0 Å². The van der Waals surface area contributed by atoms with Gasteiger partial charge in [-0.15, -0.1) is 0 Å². The number of carbonyl (C=O) groups excluding carboxylic acids is 2. The van der Waals surface area contributed by atoms with E-state index in [1.807, 2.05) is 0 Å². The Hall–Kier alpha value is -3.19. The Labute approximate surface area is 189 Å². The van der Waals surface area contributed by atoms with Gasteiger partial charge in [-0.3, -0.25) is 14.8 Å². The van der Waals surface area contributed by atoms with E-state index in [0.717, 1.165) is 6.42 Å². The first kappa shape index (κ1) is 23.0.